The van der Waals surface area contributed by atoms with Gasteiger partial charge in [0.2, 0.25) is 5.91 Å². The number of hydrogen-bond donors (Lipinski definition) is 0. The monoisotopic (exact) mass is 396 g/mol. The van der Waals surface area contributed by atoms with Crippen LogP contribution in [-0.4, -0.2) is 67.6 Å². The van der Waals surface area contributed by atoms with Crippen molar-refractivity contribution < 1.29 is 19.1 Å². The number of carbonyl (C=O) groups is 2. The number of rotatable bonds is 3. The van der Waals surface area contributed by atoms with Gasteiger partial charge in [-0.25, -0.2) is 0 Å². The molecule has 2 heterocycles. The van der Waals surface area contributed by atoms with Crippen molar-refractivity contribution in [2.45, 2.75) is 25.9 Å². The van der Waals surface area contributed by atoms with Crippen molar-refractivity contribution in [1.29, 1.82) is 0 Å². The first-order chi connectivity index (χ1) is 14.1. The van der Waals surface area contributed by atoms with E-state index in [0.717, 1.165) is 29.4 Å². The Labute approximate surface area is 171 Å². The fourth-order valence-electron chi connectivity index (χ4n) is 4.45. The van der Waals surface area contributed by atoms with Gasteiger partial charge in [-0.3, -0.25) is 9.59 Å². The lowest BCUT2D eigenvalue weighted by Crippen LogP contribution is -2.51. The molecule has 0 unspecified atom stereocenters. The summed E-state index contributed by atoms with van der Waals surface area (Å²) in [7, 11) is 1.64. The second-order valence-electron chi connectivity index (χ2n) is 7.92. The van der Waals surface area contributed by atoms with Gasteiger partial charge in [0, 0.05) is 37.1 Å². The maximum absolute atomic E-state index is 13.4. The first-order valence-electron chi connectivity index (χ1n) is 10.3. The Balaban J connectivity index is 1.54. The zero-order chi connectivity index (χ0) is 20.4. The normalized spacial score (nSPS) is 22.6. The van der Waals surface area contributed by atoms with Crippen LogP contribution in [0.5, 0.6) is 5.75 Å². The highest BCUT2D eigenvalue weighted by Gasteiger charge is 2.33. The van der Waals surface area contributed by atoms with Crippen LogP contribution < -0.4 is 4.74 Å². The van der Waals surface area contributed by atoms with Crippen molar-refractivity contribution >= 4 is 22.6 Å². The van der Waals surface area contributed by atoms with Gasteiger partial charge in [-0.05, 0) is 37.3 Å². The predicted molar refractivity (Wildman–Crippen MR) is 111 cm³/mol. The van der Waals surface area contributed by atoms with Gasteiger partial charge in [-0.2, -0.15) is 0 Å². The third-order valence-electron chi connectivity index (χ3n) is 5.94. The van der Waals surface area contributed by atoms with Crippen molar-refractivity contribution in [2.24, 2.45) is 5.92 Å². The molecule has 0 N–H and O–H groups in total. The highest BCUT2D eigenvalue weighted by atomic mass is 16.5. The maximum atomic E-state index is 13.4. The van der Waals surface area contributed by atoms with E-state index in [9.17, 15) is 9.59 Å². The van der Waals surface area contributed by atoms with Crippen LogP contribution in [0.4, 0.5) is 0 Å². The molecule has 2 aliphatic heterocycles. The first kappa shape index (κ1) is 19.7. The number of nitrogens with zero attached hydrogens (tertiary/aromatic N) is 2. The van der Waals surface area contributed by atoms with Gasteiger partial charge in [-0.1, -0.05) is 24.3 Å². The van der Waals surface area contributed by atoms with Crippen LogP contribution in [0, 0.1) is 5.92 Å². The lowest BCUT2D eigenvalue weighted by molar-refractivity contribution is -0.143. The maximum Gasteiger partial charge on any atom is 0.254 e. The molecular weight excluding hydrogens is 368 g/mol. The smallest absolute Gasteiger partial charge is 0.254 e. The minimum absolute atomic E-state index is 0.0169. The van der Waals surface area contributed by atoms with Gasteiger partial charge in [0.1, 0.15) is 5.75 Å². The molecule has 2 aromatic carbocycles. The van der Waals surface area contributed by atoms with Gasteiger partial charge in [-0.15, -0.1) is 0 Å². The fraction of sp³-hybridized carbons (Fsp3) is 0.478. The largest absolute Gasteiger partial charge is 0.496 e. The highest BCUT2D eigenvalue weighted by molar-refractivity contribution is 6.08. The van der Waals surface area contributed by atoms with Crippen molar-refractivity contribution in [1.82, 2.24) is 9.80 Å². The van der Waals surface area contributed by atoms with Crippen LogP contribution in [0.2, 0.25) is 0 Å². The molecule has 0 aromatic heterocycles. The molecule has 6 nitrogen and oxygen atoms in total. The molecule has 2 aromatic rings. The summed E-state index contributed by atoms with van der Waals surface area (Å²) in [6.45, 7) is 5.00. The molecule has 29 heavy (non-hydrogen) atoms. The Hall–Kier alpha value is -2.60. The predicted octanol–water partition coefficient (Wildman–Crippen LogP) is 2.95. The van der Waals surface area contributed by atoms with E-state index < -0.39 is 0 Å². The number of hydrogen-bond acceptors (Lipinski definition) is 4. The quantitative estimate of drug-likeness (QED) is 0.800. The minimum atomic E-state index is -0.137. The summed E-state index contributed by atoms with van der Waals surface area (Å²) < 4.78 is 11.0. The molecule has 0 bridgehead atoms. The summed E-state index contributed by atoms with van der Waals surface area (Å²) in [5.41, 5.74) is 0.662. The number of likely N-dealkylation sites (tertiary alicyclic amines) is 1. The number of amides is 2. The van der Waals surface area contributed by atoms with E-state index in [1.165, 1.54) is 0 Å². The zero-order valence-electron chi connectivity index (χ0n) is 17.1. The molecule has 2 aliphatic rings. The Morgan fingerprint density at radius 2 is 1.83 bits per heavy atom. The van der Waals surface area contributed by atoms with Crippen LogP contribution in [0.15, 0.2) is 36.4 Å². The van der Waals surface area contributed by atoms with Gasteiger partial charge in [0.25, 0.3) is 5.91 Å². The van der Waals surface area contributed by atoms with E-state index in [0.29, 0.717) is 38.3 Å². The average molecular weight is 396 g/mol. The molecule has 2 fully saturated rings. The lowest BCUT2D eigenvalue weighted by Gasteiger charge is -2.37. The molecule has 2 atom stereocenters. The van der Waals surface area contributed by atoms with Gasteiger partial charge >= 0.3 is 0 Å². The number of benzene rings is 2. The highest BCUT2D eigenvalue weighted by Crippen LogP contribution is 2.30. The molecule has 2 amide bonds. The molecular formula is C23H28N2O4. The standard InChI is InChI=1S/C23H28N2O4/c1-16-14-25(12-13-29-16)22(26)17-6-5-11-24(15-17)23(27)20-9-10-21(28-2)19-8-4-3-7-18(19)20/h3-4,7-10,16-17H,5-6,11-15H2,1-2H3/t16-,17-/m1/s1. The molecule has 6 heteroatoms. The van der Waals surface area contributed by atoms with Crippen molar-refractivity contribution in [3.05, 3.63) is 42.0 Å². The number of ether oxygens (including phenoxy) is 2. The summed E-state index contributed by atoms with van der Waals surface area (Å²) in [6, 6.07) is 11.5. The number of piperidine rings is 1. The summed E-state index contributed by atoms with van der Waals surface area (Å²) in [4.78, 5) is 30.1. The summed E-state index contributed by atoms with van der Waals surface area (Å²) in [6.07, 6.45) is 1.74. The molecule has 0 aliphatic carbocycles. The van der Waals surface area contributed by atoms with Crippen molar-refractivity contribution in [3.63, 3.8) is 0 Å². The zero-order valence-corrected chi connectivity index (χ0v) is 17.1. The van der Waals surface area contributed by atoms with Crippen LogP contribution in [-0.2, 0) is 9.53 Å². The van der Waals surface area contributed by atoms with Crippen molar-refractivity contribution in [3.8, 4) is 5.75 Å². The average Bonchev–Trinajstić information content (AvgIpc) is 2.77. The van der Waals surface area contributed by atoms with Gasteiger partial charge in [0.05, 0.1) is 25.7 Å². The first-order valence-corrected chi connectivity index (χ1v) is 10.3. The summed E-state index contributed by atoms with van der Waals surface area (Å²) in [5, 5.41) is 1.81. The Bertz CT molecular complexity index is 913. The third-order valence-corrected chi connectivity index (χ3v) is 5.94. The second-order valence-corrected chi connectivity index (χ2v) is 7.92. The van der Waals surface area contributed by atoms with Crippen LogP contribution >= 0.6 is 0 Å². The molecule has 0 spiro atoms. The van der Waals surface area contributed by atoms with E-state index in [1.807, 2.05) is 53.1 Å². The SMILES string of the molecule is COc1ccc(C(=O)N2CCC[C@@H](C(=O)N3CCO[C@H](C)C3)C2)c2ccccc12. The van der Waals surface area contributed by atoms with E-state index in [4.69, 9.17) is 9.47 Å². The summed E-state index contributed by atoms with van der Waals surface area (Å²) >= 11 is 0. The Morgan fingerprint density at radius 3 is 2.59 bits per heavy atom. The Morgan fingerprint density at radius 1 is 1.03 bits per heavy atom. The van der Waals surface area contributed by atoms with E-state index in [2.05, 4.69) is 0 Å². The molecule has 0 radical (unpaired) electrons. The molecule has 154 valence electrons. The minimum Gasteiger partial charge on any atom is -0.496 e. The van der Waals surface area contributed by atoms with Crippen molar-refractivity contribution in [2.75, 3.05) is 39.9 Å². The number of carbonyl (C=O) groups excluding carboxylic acids is 2. The van der Waals surface area contributed by atoms with Gasteiger partial charge in [0.15, 0.2) is 0 Å². The van der Waals surface area contributed by atoms with E-state index >= 15 is 0 Å². The molecule has 0 saturated carbocycles. The van der Waals surface area contributed by atoms with Crippen LogP contribution in [0.3, 0.4) is 0 Å². The fourth-order valence-corrected chi connectivity index (χ4v) is 4.45. The van der Waals surface area contributed by atoms with Crippen LogP contribution in [0.1, 0.15) is 30.1 Å². The lowest BCUT2D eigenvalue weighted by atomic mass is 9.94. The molecule has 2 saturated heterocycles. The molecule has 4 rings (SSSR count). The second kappa shape index (κ2) is 8.41. The number of morpholine rings is 1. The summed E-state index contributed by atoms with van der Waals surface area (Å²) in [5.74, 6) is 0.752. The Kier molecular flexibility index (Phi) is 5.72. The number of methoxy groups -OCH3 is 1. The third kappa shape index (κ3) is 3.94. The van der Waals surface area contributed by atoms with Crippen LogP contribution in [0.25, 0.3) is 10.8 Å². The number of fused-ring (bicyclic) bond motifs is 1. The topological polar surface area (TPSA) is 59.1 Å². The van der Waals surface area contributed by atoms with Gasteiger partial charge < -0.3 is 19.3 Å². The van der Waals surface area contributed by atoms with E-state index in [1.54, 1.807) is 7.11 Å². The van der Waals surface area contributed by atoms with E-state index in [-0.39, 0.29) is 23.8 Å².